The summed E-state index contributed by atoms with van der Waals surface area (Å²) in [7, 11) is -3.60. The van der Waals surface area contributed by atoms with Crippen LogP contribution in [0, 0.1) is 5.41 Å². The standard InChI is InChI=1S/C12H20N2O4S/c1-12(4-6-17-7-5-12)9-14-19(15,16)11-3-2-10(8-13)18-11/h2-3,14H,4-9,13H2,1H3. The highest BCUT2D eigenvalue weighted by molar-refractivity contribution is 7.89. The number of furan rings is 1. The van der Waals surface area contributed by atoms with E-state index < -0.39 is 10.0 Å². The molecule has 0 unspecified atom stereocenters. The lowest BCUT2D eigenvalue weighted by atomic mass is 9.83. The van der Waals surface area contributed by atoms with Gasteiger partial charge in [-0.15, -0.1) is 0 Å². The lowest BCUT2D eigenvalue weighted by molar-refractivity contribution is 0.0264. The van der Waals surface area contributed by atoms with E-state index in [0.717, 1.165) is 12.8 Å². The van der Waals surface area contributed by atoms with Gasteiger partial charge in [-0.25, -0.2) is 13.1 Å². The van der Waals surface area contributed by atoms with Gasteiger partial charge in [-0.1, -0.05) is 6.92 Å². The molecule has 0 radical (unpaired) electrons. The number of nitrogens with two attached hydrogens (primary N) is 1. The van der Waals surface area contributed by atoms with E-state index in [1.807, 2.05) is 0 Å². The second-order valence-corrected chi connectivity index (χ2v) is 6.87. The van der Waals surface area contributed by atoms with E-state index >= 15 is 0 Å². The van der Waals surface area contributed by atoms with Gasteiger partial charge in [0.25, 0.3) is 10.0 Å². The van der Waals surface area contributed by atoms with Crippen LogP contribution in [0.5, 0.6) is 0 Å². The molecule has 0 amide bonds. The van der Waals surface area contributed by atoms with Crippen molar-refractivity contribution in [3.05, 3.63) is 17.9 Å². The first-order valence-corrected chi connectivity index (χ1v) is 7.80. The molecule has 1 aliphatic heterocycles. The highest BCUT2D eigenvalue weighted by Crippen LogP contribution is 2.29. The predicted molar refractivity (Wildman–Crippen MR) is 69.9 cm³/mol. The molecule has 6 nitrogen and oxygen atoms in total. The Morgan fingerprint density at radius 1 is 1.37 bits per heavy atom. The fraction of sp³-hybridized carbons (Fsp3) is 0.667. The Morgan fingerprint density at radius 2 is 2.05 bits per heavy atom. The smallest absolute Gasteiger partial charge is 0.273 e. The summed E-state index contributed by atoms with van der Waals surface area (Å²) in [6.45, 7) is 3.99. The van der Waals surface area contributed by atoms with Gasteiger partial charge in [-0.05, 0) is 30.4 Å². The monoisotopic (exact) mass is 288 g/mol. The minimum Gasteiger partial charge on any atom is -0.447 e. The van der Waals surface area contributed by atoms with Gasteiger partial charge in [-0.3, -0.25) is 0 Å². The lowest BCUT2D eigenvalue weighted by Crippen LogP contribution is -2.39. The quantitative estimate of drug-likeness (QED) is 0.837. The van der Waals surface area contributed by atoms with Crippen LogP contribution in [0.4, 0.5) is 0 Å². The molecule has 1 saturated heterocycles. The Kier molecular flexibility index (Phi) is 4.29. The maximum atomic E-state index is 12.1. The number of sulfonamides is 1. The van der Waals surface area contributed by atoms with Crippen LogP contribution in [-0.4, -0.2) is 28.2 Å². The summed E-state index contributed by atoms with van der Waals surface area (Å²) in [4.78, 5) is 0. The average Bonchev–Trinajstić information content (AvgIpc) is 2.87. The van der Waals surface area contributed by atoms with Crippen molar-refractivity contribution >= 4 is 10.0 Å². The summed E-state index contributed by atoms with van der Waals surface area (Å²) in [6.07, 6.45) is 1.70. The van der Waals surface area contributed by atoms with E-state index in [4.69, 9.17) is 14.9 Å². The minimum absolute atomic E-state index is 0.0609. The van der Waals surface area contributed by atoms with E-state index in [0.29, 0.717) is 25.5 Å². The zero-order valence-electron chi connectivity index (χ0n) is 11.0. The first-order valence-electron chi connectivity index (χ1n) is 6.31. The van der Waals surface area contributed by atoms with E-state index in [1.165, 1.54) is 6.07 Å². The van der Waals surface area contributed by atoms with Gasteiger partial charge in [0.15, 0.2) is 0 Å². The van der Waals surface area contributed by atoms with Crippen LogP contribution in [-0.2, 0) is 21.3 Å². The van der Waals surface area contributed by atoms with Gasteiger partial charge in [0.05, 0.1) is 6.54 Å². The van der Waals surface area contributed by atoms with Crippen molar-refractivity contribution < 1.29 is 17.6 Å². The number of rotatable bonds is 5. The van der Waals surface area contributed by atoms with Gasteiger partial charge < -0.3 is 14.9 Å². The van der Waals surface area contributed by atoms with Gasteiger partial charge in [0.2, 0.25) is 5.09 Å². The molecule has 1 aliphatic rings. The first-order chi connectivity index (χ1) is 8.95. The molecule has 1 fully saturated rings. The van der Waals surface area contributed by atoms with Crippen molar-refractivity contribution in [2.75, 3.05) is 19.8 Å². The van der Waals surface area contributed by atoms with Crippen molar-refractivity contribution in [2.24, 2.45) is 11.1 Å². The maximum Gasteiger partial charge on any atom is 0.273 e. The fourth-order valence-corrected chi connectivity index (χ4v) is 3.14. The highest BCUT2D eigenvalue weighted by Gasteiger charge is 2.30. The summed E-state index contributed by atoms with van der Waals surface area (Å²) in [5.74, 6) is 0.456. The Hall–Kier alpha value is -0.890. The average molecular weight is 288 g/mol. The molecule has 1 aromatic rings. The topological polar surface area (TPSA) is 94.6 Å². The molecule has 1 aromatic heterocycles. The summed E-state index contributed by atoms with van der Waals surface area (Å²) in [6, 6.07) is 3.00. The third-order valence-corrected chi connectivity index (χ3v) is 4.77. The summed E-state index contributed by atoms with van der Waals surface area (Å²) >= 11 is 0. The van der Waals surface area contributed by atoms with Crippen molar-refractivity contribution in [1.82, 2.24) is 4.72 Å². The maximum absolute atomic E-state index is 12.1. The Morgan fingerprint density at radius 3 is 2.63 bits per heavy atom. The number of hydrogen-bond donors (Lipinski definition) is 2. The van der Waals surface area contributed by atoms with E-state index in [2.05, 4.69) is 11.6 Å². The van der Waals surface area contributed by atoms with Crippen molar-refractivity contribution in [3.8, 4) is 0 Å². The summed E-state index contributed by atoms with van der Waals surface area (Å²) in [5.41, 5.74) is 5.33. The molecule has 2 heterocycles. The molecule has 0 bridgehead atoms. The fourth-order valence-electron chi connectivity index (χ4n) is 1.99. The minimum atomic E-state index is -3.60. The molecule has 0 atom stereocenters. The Balaban J connectivity index is 2.01. The molecule has 108 valence electrons. The van der Waals surface area contributed by atoms with Gasteiger partial charge in [0, 0.05) is 19.8 Å². The van der Waals surface area contributed by atoms with E-state index in [1.54, 1.807) is 6.07 Å². The first kappa shape index (κ1) is 14.5. The molecule has 0 saturated carbocycles. The van der Waals surface area contributed by atoms with Crippen molar-refractivity contribution in [2.45, 2.75) is 31.4 Å². The molecule has 7 heteroatoms. The number of hydrogen-bond acceptors (Lipinski definition) is 5. The highest BCUT2D eigenvalue weighted by atomic mass is 32.2. The van der Waals surface area contributed by atoms with Crippen LogP contribution in [0.3, 0.4) is 0 Å². The van der Waals surface area contributed by atoms with Gasteiger partial charge in [-0.2, -0.15) is 0 Å². The van der Waals surface area contributed by atoms with Crippen LogP contribution in [0.15, 0.2) is 21.6 Å². The molecule has 0 spiro atoms. The molecular formula is C12H20N2O4S. The third kappa shape index (κ3) is 3.56. The normalized spacial score (nSPS) is 19.5. The molecule has 2 rings (SSSR count). The van der Waals surface area contributed by atoms with Crippen molar-refractivity contribution in [3.63, 3.8) is 0 Å². The van der Waals surface area contributed by atoms with Crippen LogP contribution >= 0.6 is 0 Å². The molecule has 0 aromatic carbocycles. The number of nitrogens with one attached hydrogen (secondary N) is 1. The van der Waals surface area contributed by atoms with Crippen LogP contribution < -0.4 is 10.5 Å². The van der Waals surface area contributed by atoms with Gasteiger partial charge in [0.1, 0.15) is 5.76 Å². The van der Waals surface area contributed by atoms with Crippen LogP contribution in [0.1, 0.15) is 25.5 Å². The molecule has 0 aliphatic carbocycles. The lowest BCUT2D eigenvalue weighted by Gasteiger charge is -2.33. The van der Waals surface area contributed by atoms with E-state index in [-0.39, 0.29) is 17.1 Å². The van der Waals surface area contributed by atoms with Crippen LogP contribution in [0.25, 0.3) is 0 Å². The largest absolute Gasteiger partial charge is 0.447 e. The van der Waals surface area contributed by atoms with Crippen LogP contribution in [0.2, 0.25) is 0 Å². The second-order valence-electron chi connectivity index (χ2n) is 5.17. The summed E-state index contributed by atoms with van der Waals surface area (Å²) < 4.78 is 37.2. The van der Waals surface area contributed by atoms with E-state index in [9.17, 15) is 8.42 Å². The molecular weight excluding hydrogens is 268 g/mol. The zero-order chi connectivity index (χ0) is 13.9. The zero-order valence-corrected chi connectivity index (χ0v) is 11.8. The van der Waals surface area contributed by atoms with Gasteiger partial charge >= 0.3 is 0 Å². The molecule has 19 heavy (non-hydrogen) atoms. The molecule has 3 N–H and O–H groups in total. The third-order valence-electron chi connectivity index (χ3n) is 3.49. The Bertz CT molecular complexity index is 518. The predicted octanol–water partition coefficient (Wildman–Crippen LogP) is 0.833. The second kappa shape index (κ2) is 5.62. The Labute approximate surface area is 113 Å². The number of ether oxygens (including phenoxy) is 1. The van der Waals surface area contributed by atoms with Crippen molar-refractivity contribution in [1.29, 1.82) is 0 Å². The summed E-state index contributed by atoms with van der Waals surface area (Å²) in [5, 5.41) is -0.0800. The SMILES string of the molecule is CC1(CNS(=O)(=O)c2ccc(CN)o2)CCOCC1.